The van der Waals surface area contributed by atoms with E-state index in [1.54, 1.807) is 0 Å². The number of ether oxygens (including phenoxy) is 1. The van der Waals surface area contributed by atoms with Crippen LogP contribution in [-0.2, 0) is 17.8 Å². The van der Waals surface area contributed by atoms with Gasteiger partial charge in [0, 0.05) is 55.9 Å². The number of likely N-dealkylation sites (N-methyl/N-ethyl adjacent to an activating group) is 1. The molecule has 3 heterocycles. The highest BCUT2D eigenvalue weighted by Crippen LogP contribution is 2.34. The lowest BCUT2D eigenvalue weighted by molar-refractivity contribution is -0.126. The van der Waals surface area contributed by atoms with Gasteiger partial charge in [-0.1, -0.05) is 43.0 Å². The van der Waals surface area contributed by atoms with Gasteiger partial charge in [0.2, 0.25) is 5.91 Å². The van der Waals surface area contributed by atoms with Gasteiger partial charge in [0.05, 0.1) is 12.2 Å². The summed E-state index contributed by atoms with van der Waals surface area (Å²) in [7, 11) is 4.04. The van der Waals surface area contributed by atoms with Crippen molar-refractivity contribution in [2.75, 3.05) is 69.8 Å². The van der Waals surface area contributed by atoms with Gasteiger partial charge in [-0.25, -0.2) is 0 Å². The highest BCUT2D eigenvalue weighted by atomic mass is 16.5. The molecule has 0 saturated carbocycles. The maximum atomic E-state index is 12.1. The third kappa shape index (κ3) is 4.99. The van der Waals surface area contributed by atoms with Crippen molar-refractivity contribution in [3.63, 3.8) is 0 Å². The average Bonchev–Trinajstić information content (AvgIpc) is 2.91. The van der Waals surface area contributed by atoms with Crippen LogP contribution in [-0.4, -0.2) is 85.6 Å². The van der Waals surface area contributed by atoms with Crippen LogP contribution in [0.25, 0.3) is 10.8 Å². The molecule has 0 atom stereocenters. The fourth-order valence-electron chi connectivity index (χ4n) is 4.99. The molecule has 8 nitrogen and oxygen atoms in total. The largest absolute Gasteiger partial charge is 0.462 e. The molecule has 5 rings (SSSR count). The first-order valence-electron chi connectivity index (χ1n) is 12.6. The highest BCUT2D eigenvalue weighted by molar-refractivity contribution is 5.94. The van der Waals surface area contributed by atoms with Crippen LogP contribution >= 0.6 is 0 Å². The van der Waals surface area contributed by atoms with E-state index in [9.17, 15) is 4.79 Å². The molecule has 2 aromatic carbocycles. The lowest BCUT2D eigenvalue weighted by Gasteiger charge is -2.38. The summed E-state index contributed by atoms with van der Waals surface area (Å²) < 4.78 is 6.02. The van der Waals surface area contributed by atoms with Gasteiger partial charge in [-0.2, -0.15) is 9.97 Å². The second-order valence-corrected chi connectivity index (χ2v) is 9.59. The summed E-state index contributed by atoms with van der Waals surface area (Å²) in [6.07, 6.45) is 2.25. The first-order valence-corrected chi connectivity index (χ1v) is 12.6. The van der Waals surface area contributed by atoms with Gasteiger partial charge in [-0.05, 0) is 38.0 Å². The molecule has 1 amide bonds. The number of aromatic nitrogens is 2. The number of nitrogens with zero attached hydrogens (tertiary/aromatic N) is 6. The lowest BCUT2D eigenvalue weighted by atomic mass is 10.0. The third-order valence-electron chi connectivity index (χ3n) is 6.97. The van der Waals surface area contributed by atoms with Crippen LogP contribution in [0.3, 0.4) is 0 Å². The SMILES string of the molecule is C=CC(=O)N1CCN(c2nc(OCCN(C)C)nc3c2CCN(c2cccc4ccccc24)C3)CC1. The number of fused-ring (bicyclic) bond motifs is 2. The van der Waals surface area contributed by atoms with E-state index in [0.29, 0.717) is 32.3 Å². The molecular formula is C28H34N6O2. The number of benzene rings is 2. The Bertz CT molecular complexity index is 1250. The zero-order valence-corrected chi connectivity index (χ0v) is 21.2. The van der Waals surface area contributed by atoms with E-state index < -0.39 is 0 Å². The fourth-order valence-corrected chi connectivity index (χ4v) is 4.99. The van der Waals surface area contributed by atoms with E-state index in [1.165, 1.54) is 28.1 Å². The molecule has 8 heteroatoms. The Morgan fingerprint density at radius 2 is 1.81 bits per heavy atom. The Morgan fingerprint density at radius 1 is 1.03 bits per heavy atom. The van der Waals surface area contributed by atoms with Gasteiger partial charge in [0.15, 0.2) is 0 Å². The first-order chi connectivity index (χ1) is 17.5. The number of amides is 1. The molecule has 0 bridgehead atoms. The molecule has 2 aliphatic heterocycles. The van der Waals surface area contributed by atoms with Crippen molar-refractivity contribution in [1.82, 2.24) is 19.8 Å². The van der Waals surface area contributed by atoms with E-state index in [4.69, 9.17) is 14.7 Å². The molecule has 188 valence electrons. The van der Waals surface area contributed by atoms with Crippen LogP contribution in [0.2, 0.25) is 0 Å². The molecule has 3 aromatic rings. The van der Waals surface area contributed by atoms with Crippen LogP contribution in [0, 0.1) is 0 Å². The summed E-state index contributed by atoms with van der Waals surface area (Å²) in [5.41, 5.74) is 3.43. The van der Waals surface area contributed by atoms with Gasteiger partial charge >= 0.3 is 6.01 Å². The zero-order valence-electron chi connectivity index (χ0n) is 21.2. The number of anilines is 2. The normalized spacial score (nSPS) is 15.8. The Labute approximate surface area is 212 Å². The Morgan fingerprint density at radius 3 is 2.58 bits per heavy atom. The number of hydrogen-bond acceptors (Lipinski definition) is 7. The lowest BCUT2D eigenvalue weighted by Crippen LogP contribution is -2.49. The maximum Gasteiger partial charge on any atom is 0.318 e. The van der Waals surface area contributed by atoms with Gasteiger partial charge in [-0.3, -0.25) is 4.79 Å². The maximum absolute atomic E-state index is 12.1. The molecule has 0 spiro atoms. The van der Waals surface area contributed by atoms with E-state index in [0.717, 1.165) is 44.1 Å². The summed E-state index contributed by atoms with van der Waals surface area (Å²) in [5.74, 6) is 0.931. The summed E-state index contributed by atoms with van der Waals surface area (Å²) in [6.45, 7) is 9.32. The summed E-state index contributed by atoms with van der Waals surface area (Å²) in [4.78, 5) is 30.4. The summed E-state index contributed by atoms with van der Waals surface area (Å²) >= 11 is 0. The predicted molar refractivity (Wildman–Crippen MR) is 144 cm³/mol. The highest BCUT2D eigenvalue weighted by Gasteiger charge is 2.28. The molecule has 1 saturated heterocycles. The smallest absolute Gasteiger partial charge is 0.318 e. The number of hydrogen-bond donors (Lipinski definition) is 0. The van der Waals surface area contributed by atoms with E-state index in [2.05, 4.69) is 63.7 Å². The van der Waals surface area contributed by atoms with Crippen molar-refractivity contribution in [1.29, 1.82) is 0 Å². The quantitative estimate of drug-likeness (QED) is 0.476. The standard InChI is InChI=1S/C28H34N6O2/c1-4-26(35)32-14-16-33(17-15-32)27-23-12-13-34(25-11-7-9-21-8-5-6-10-22(21)25)20-24(23)29-28(30-27)36-19-18-31(2)3/h4-11H,1,12-20H2,2-3H3. The summed E-state index contributed by atoms with van der Waals surface area (Å²) in [5, 5.41) is 2.49. The van der Waals surface area contributed by atoms with Crippen LogP contribution < -0.4 is 14.5 Å². The van der Waals surface area contributed by atoms with Gasteiger partial charge < -0.3 is 24.3 Å². The minimum Gasteiger partial charge on any atom is -0.462 e. The molecule has 1 fully saturated rings. The molecule has 0 aliphatic carbocycles. The molecule has 2 aliphatic rings. The summed E-state index contributed by atoms with van der Waals surface area (Å²) in [6, 6.07) is 15.4. The van der Waals surface area contributed by atoms with Gasteiger partial charge in [-0.15, -0.1) is 0 Å². The van der Waals surface area contributed by atoms with Gasteiger partial charge in [0.25, 0.3) is 0 Å². The molecule has 0 N–H and O–H groups in total. The van der Waals surface area contributed by atoms with Crippen molar-refractivity contribution >= 4 is 28.2 Å². The number of carbonyl (C=O) groups excluding carboxylic acids is 1. The second-order valence-electron chi connectivity index (χ2n) is 9.59. The topological polar surface area (TPSA) is 65.0 Å². The van der Waals surface area contributed by atoms with Crippen LogP contribution in [0.15, 0.2) is 55.1 Å². The molecule has 0 radical (unpaired) electrons. The number of carbonyl (C=O) groups is 1. The van der Waals surface area contributed by atoms with Crippen LogP contribution in [0.4, 0.5) is 11.5 Å². The Kier molecular flexibility index (Phi) is 7.04. The van der Waals surface area contributed by atoms with Crippen LogP contribution in [0.1, 0.15) is 11.3 Å². The van der Waals surface area contributed by atoms with Crippen molar-refractivity contribution < 1.29 is 9.53 Å². The van der Waals surface area contributed by atoms with Crippen molar-refractivity contribution in [3.8, 4) is 6.01 Å². The molecule has 1 aromatic heterocycles. The Balaban J connectivity index is 1.44. The van der Waals surface area contributed by atoms with E-state index in [1.807, 2.05) is 19.0 Å². The Hall–Kier alpha value is -3.65. The number of rotatable bonds is 7. The minimum absolute atomic E-state index is 0.0159. The van der Waals surface area contributed by atoms with Crippen molar-refractivity contribution in [3.05, 3.63) is 66.4 Å². The fraction of sp³-hybridized carbons (Fsp3) is 0.393. The molecular weight excluding hydrogens is 452 g/mol. The average molecular weight is 487 g/mol. The van der Waals surface area contributed by atoms with Gasteiger partial charge in [0.1, 0.15) is 12.4 Å². The van der Waals surface area contributed by atoms with Crippen molar-refractivity contribution in [2.45, 2.75) is 13.0 Å². The van der Waals surface area contributed by atoms with E-state index in [-0.39, 0.29) is 5.91 Å². The molecule has 36 heavy (non-hydrogen) atoms. The third-order valence-corrected chi connectivity index (χ3v) is 6.97. The number of piperazine rings is 1. The monoisotopic (exact) mass is 486 g/mol. The van der Waals surface area contributed by atoms with Crippen LogP contribution in [0.5, 0.6) is 6.01 Å². The molecule has 0 unspecified atom stereocenters. The zero-order chi connectivity index (χ0) is 25.1. The second kappa shape index (κ2) is 10.5. The van der Waals surface area contributed by atoms with E-state index >= 15 is 0 Å². The van der Waals surface area contributed by atoms with Crippen molar-refractivity contribution in [2.24, 2.45) is 0 Å². The predicted octanol–water partition coefficient (Wildman–Crippen LogP) is 2.97. The minimum atomic E-state index is -0.0159. The first kappa shape index (κ1) is 24.1.